The van der Waals surface area contributed by atoms with Crippen LogP contribution in [0.15, 0.2) is 12.3 Å². The number of morpholine rings is 1. The van der Waals surface area contributed by atoms with E-state index in [9.17, 15) is 4.79 Å². The number of aromatic nitrogens is 3. The smallest absolute Gasteiger partial charge is 0.224 e. The minimum Gasteiger partial charge on any atom is -0.379 e. The molecule has 0 bridgehead atoms. The topological polar surface area (TPSA) is 83.5 Å². The molecular formula is C21H30N6O2. The Bertz CT molecular complexity index is 868. The molecule has 0 saturated carbocycles. The zero-order chi connectivity index (χ0) is 20.2. The second-order valence-corrected chi connectivity index (χ2v) is 7.96. The number of carbonyl (C=O) groups excluding carboxylic acids is 1. The Hall–Kier alpha value is -2.32. The summed E-state index contributed by atoms with van der Waals surface area (Å²) < 4.78 is 5.37. The van der Waals surface area contributed by atoms with Gasteiger partial charge < -0.3 is 15.0 Å². The molecule has 0 unspecified atom stereocenters. The minimum atomic E-state index is 0.00924. The number of piperidine rings is 1. The summed E-state index contributed by atoms with van der Waals surface area (Å²) in [5, 5.41) is 3.13. The Kier molecular flexibility index (Phi) is 6.20. The Morgan fingerprint density at radius 3 is 2.83 bits per heavy atom. The van der Waals surface area contributed by atoms with Crippen molar-refractivity contribution in [3.05, 3.63) is 23.7 Å². The van der Waals surface area contributed by atoms with Crippen LogP contribution in [-0.2, 0) is 9.53 Å². The summed E-state index contributed by atoms with van der Waals surface area (Å²) in [6.45, 7) is 10.6. The largest absolute Gasteiger partial charge is 0.379 e. The molecule has 0 radical (unpaired) electrons. The molecule has 1 atom stereocenters. The van der Waals surface area contributed by atoms with Crippen LogP contribution in [0.2, 0.25) is 0 Å². The Morgan fingerprint density at radius 2 is 2.00 bits per heavy atom. The fourth-order valence-corrected chi connectivity index (χ4v) is 4.01. The van der Waals surface area contributed by atoms with Gasteiger partial charge in [-0.25, -0.2) is 15.0 Å². The van der Waals surface area contributed by atoms with Gasteiger partial charge in [-0.05, 0) is 32.8 Å². The summed E-state index contributed by atoms with van der Waals surface area (Å²) in [4.78, 5) is 30.9. The molecule has 2 saturated heterocycles. The molecule has 4 rings (SSSR count). The van der Waals surface area contributed by atoms with E-state index in [1.54, 1.807) is 0 Å². The van der Waals surface area contributed by atoms with Crippen molar-refractivity contribution >= 4 is 22.8 Å². The number of hydrogen-bond donors (Lipinski definition) is 1. The summed E-state index contributed by atoms with van der Waals surface area (Å²) in [5.74, 6) is 0.165. The van der Waals surface area contributed by atoms with Crippen molar-refractivity contribution in [3.63, 3.8) is 0 Å². The van der Waals surface area contributed by atoms with Crippen molar-refractivity contribution in [3.8, 4) is 0 Å². The summed E-state index contributed by atoms with van der Waals surface area (Å²) in [7, 11) is 0. The molecule has 2 aromatic heterocycles. The van der Waals surface area contributed by atoms with Crippen LogP contribution in [0, 0.1) is 19.8 Å². The molecule has 0 spiro atoms. The van der Waals surface area contributed by atoms with Crippen LogP contribution in [0.25, 0.3) is 11.2 Å². The van der Waals surface area contributed by atoms with Gasteiger partial charge in [0.25, 0.3) is 0 Å². The standard InChI is InChI=1S/C21H30N6O2/c1-15-16(2)25-20-19(24-15)12-18(13-23-20)27-6-3-4-17(14-27)21(28)22-5-7-26-8-10-29-11-9-26/h12-13,17H,3-11,14H2,1-2H3,(H,22,28)/t17-/m0/s1. The fraction of sp³-hybridized carbons (Fsp3) is 0.619. The third-order valence-corrected chi connectivity index (χ3v) is 5.91. The van der Waals surface area contributed by atoms with Gasteiger partial charge in [-0.1, -0.05) is 0 Å². The molecule has 1 amide bonds. The third-order valence-electron chi connectivity index (χ3n) is 5.91. The normalized spacial score (nSPS) is 20.8. The van der Waals surface area contributed by atoms with Crippen LogP contribution >= 0.6 is 0 Å². The highest BCUT2D eigenvalue weighted by Crippen LogP contribution is 2.25. The highest BCUT2D eigenvalue weighted by atomic mass is 16.5. The van der Waals surface area contributed by atoms with Crippen molar-refractivity contribution in [2.45, 2.75) is 26.7 Å². The monoisotopic (exact) mass is 398 g/mol. The first-order valence-electron chi connectivity index (χ1n) is 10.5. The Morgan fingerprint density at radius 1 is 1.21 bits per heavy atom. The first-order chi connectivity index (χ1) is 14.1. The molecule has 0 aliphatic carbocycles. The highest BCUT2D eigenvalue weighted by Gasteiger charge is 2.26. The van der Waals surface area contributed by atoms with Crippen LogP contribution in [0.4, 0.5) is 5.69 Å². The van der Waals surface area contributed by atoms with Gasteiger partial charge in [0.05, 0.1) is 42.4 Å². The van der Waals surface area contributed by atoms with E-state index in [4.69, 9.17) is 4.74 Å². The van der Waals surface area contributed by atoms with Crippen molar-refractivity contribution in [1.82, 2.24) is 25.2 Å². The van der Waals surface area contributed by atoms with E-state index in [0.717, 1.165) is 81.4 Å². The van der Waals surface area contributed by atoms with Crippen LogP contribution in [-0.4, -0.2) is 78.2 Å². The molecule has 0 aromatic carbocycles. The highest BCUT2D eigenvalue weighted by molar-refractivity contribution is 5.80. The molecule has 1 N–H and O–H groups in total. The van der Waals surface area contributed by atoms with E-state index in [0.29, 0.717) is 12.2 Å². The van der Waals surface area contributed by atoms with Gasteiger partial charge in [-0.15, -0.1) is 0 Å². The number of anilines is 1. The number of amides is 1. The number of hydrogen-bond acceptors (Lipinski definition) is 7. The maximum Gasteiger partial charge on any atom is 0.224 e. The average molecular weight is 399 g/mol. The molecule has 8 heteroatoms. The van der Waals surface area contributed by atoms with Gasteiger partial charge in [0, 0.05) is 39.3 Å². The van der Waals surface area contributed by atoms with Gasteiger partial charge >= 0.3 is 0 Å². The van der Waals surface area contributed by atoms with E-state index in [1.165, 1.54) is 0 Å². The Balaban J connectivity index is 1.35. The lowest BCUT2D eigenvalue weighted by Crippen LogP contribution is -2.46. The number of ether oxygens (including phenoxy) is 1. The molecule has 8 nitrogen and oxygen atoms in total. The third kappa shape index (κ3) is 4.82. The molecule has 2 fully saturated rings. The van der Waals surface area contributed by atoms with E-state index >= 15 is 0 Å². The lowest BCUT2D eigenvalue weighted by atomic mass is 9.96. The lowest BCUT2D eigenvalue weighted by Gasteiger charge is -2.33. The number of pyridine rings is 1. The van der Waals surface area contributed by atoms with Gasteiger partial charge in [-0.2, -0.15) is 0 Å². The van der Waals surface area contributed by atoms with Crippen LogP contribution in [0.3, 0.4) is 0 Å². The van der Waals surface area contributed by atoms with E-state index in [1.807, 2.05) is 26.1 Å². The first kappa shape index (κ1) is 20.0. The predicted molar refractivity (Wildman–Crippen MR) is 112 cm³/mol. The average Bonchev–Trinajstić information content (AvgIpc) is 2.75. The quantitative estimate of drug-likeness (QED) is 0.813. The van der Waals surface area contributed by atoms with E-state index in [2.05, 4.69) is 30.1 Å². The van der Waals surface area contributed by atoms with Gasteiger partial charge in [0.1, 0.15) is 5.52 Å². The predicted octanol–water partition coefficient (Wildman–Crippen LogP) is 1.31. The second-order valence-electron chi connectivity index (χ2n) is 7.96. The van der Waals surface area contributed by atoms with E-state index < -0.39 is 0 Å². The van der Waals surface area contributed by atoms with E-state index in [-0.39, 0.29) is 11.8 Å². The van der Waals surface area contributed by atoms with Gasteiger partial charge in [0.15, 0.2) is 5.65 Å². The maximum atomic E-state index is 12.7. The zero-order valence-electron chi connectivity index (χ0n) is 17.4. The molecular weight excluding hydrogens is 368 g/mol. The summed E-state index contributed by atoms with van der Waals surface area (Å²) in [5.41, 5.74) is 4.33. The second kappa shape index (κ2) is 9.00. The molecule has 2 aromatic rings. The van der Waals surface area contributed by atoms with Crippen molar-refractivity contribution in [1.29, 1.82) is 0 Å². The van der Waals surface area contributed by atoms with Crippen LogP contribution in [0.1, 0.15) is 24.2 Å². The van der Waals surface area contributed by atoms with Gasteiger partial charge in [0.2, 0.25) is 5.91 Å². The summed E-state index contributed by atoms with van der Waals surface area (Å²) >= 11 is 0. The maximum absolute atomic E-state index is 12.7. The first-order valence-corrected chi connectivity index (χ1v) is 10.5. The van der Waals surface area contributed by atoms with Crippen LogP contribution < -0.4 is 10.2 Å². The number of nitrogens with zero attached hydrogens (tertiary/aromatic N) is 5. The van der Waals surface area contributed by atoms with Crippen molar-refractivity contribution in [2.75, 3.05) is 57.4 Å². The number of nitrogens with one attached hydrogen (secondary N) is 1. The van der Waals surface area contributed by atoms with Gasteiger partial charge in [-0.3, -0.25) is 9.69 Å². The molecule has 156 valence electrons. The number of aryl methyl sites for hydroxylation is 2. The van der Waals surface area contributed by atoms with Crippen molar-refractivity contribution in [2.24, 2.45) is 5.92 Å². The number of carbonyl (C=O) groups is 1. The fourth-order valence-electron chi connectivity index (χ4n) is 4.01. The molecule has 2 aliphatic heterocycles. The SMILES string of the molecule is Cc1nc2cc(N3CCC[C@H](C(=O)NCCN4CCOCC4)C3)cnc2nc1C. The number of rotatable bonds is 5. The summed E-state index contributed by atoms with van der Waals surface area (Å²) in [6, 6.07) is 2.04. The zero-order valence-corrected chi connectivity index (χ0v) is 17.4. The molecule has 29 heavy (non-hydrogen) atoms. The molecule has 4 heterocycles. The van der Waals surface area contributed by atoms with Crippen LogP contribution in [0.5, 0.6) is 0 Å². The lowest BCUT2D eigenvalue weighted by molar-refractivity contribution is -0.125. The molecule has 2 aliphatic rings. The summed E-state index contributed by atoms with van der Waals surface area (Å²) in [6.07, 6.45) is 3.78. The number of fused-ring (bicyclic) bond motifs is 1. The minimum absolute atomic E-state index is 0.00924. The Labute approximate surface area is 171 Å². The van der Waals surface area contributed by atoms with Crippen molar-refractivity contribution < 1.29 is 9.53 Å².